The van der Waals surface area contributed by atoms with Gasteiger partial charge < -0.3 is 14.9 Å². The number of carboxylic acids is 1. The molecule has 25 heavy (non-hydrogen) atoms. The first-order valence-electron chi connectivity index (χ1n) is 8.69. The molecule has 0 saturated carbocycles. The quantitative estimate of drug-likeness (QED) is 0.409. The van der Waals surface area contributed by atoms with Crippen LogP contribution in [0.3, 0.4) is 0 Å². The van der Waals surface area contributed by atoms with Crippen LogP contribution in [0.5, 0.6) is 0 Å². The van der Waals surface area contributed by atoms with Crippen LogP contribution in [0.15, 0.2) is 0 Å². The van der Waals surface area contributed by atoms with Gasteiger partial charge in [-0.05, 0) is 52.9 Å². The molecule has 8 heteroatoms. The van der Waals surface area contributed by atoms with Gasteiger partial charge in [-0.1, -0.05) is 34.1 Å². The van der Waals surface area contributed by atoms with E-state index in [2.05, 4.69) is 0 Å². The van der Waals surface area contributed by atoms with Crippen molar-refractivity contribution >= 4 is 13.6 Å². The van der Waals surface area contributed by atoms with Crippen molar-refractivity contribution in [3.63, 3.8) is 0 Å². The summed E-state index contributed by atoms with van der Waals surface area (Å²) in [6, 6.07) is 0. The van der Waals surface area contributed by atoms with Gasteiger partial charge in [-0.15, -0.1) is 0 Å². The van der Waals surface area contributed by atoms with Crippen LogP contribution in [0.4, 0.5) is 0 Å². The number of aliphatic carboxylic acids is 1. The Morgan fingerprint density at radius 2 is 1.48 bits per heavy atom. The third-order valence-electron chi connectivity index (χ3n) is 4.71. The summed E-state index contributed by atoms with van der Waals surface area (Å²) in [5.74, 6) is -1.20. The minimum atomic E-state index is -4.72. The van der Waals surface area contributed by atoms with Gasteiger partial charge in [-0.2, -0.15) is 5.06 Å². The van der Waals surface area contributed by atoms with E-state index in [-0.39, 0.29) is 6.42 Å². The van der Waals surface area contributed by atoms with E-state index in [1.807, 2.05) is 6.92 Å². The van der Waals surface area contributed by atoms with E-state index in [0.29, 0.717) is 6.42 Å². The molecule has 3 N–H and O–H groups in total. The average Bonchev–Trinajstić information content (AvgIpc) is 2.35. The van der Waals surface area contributed by atoms with Crippen molar-refractivity contribution in [2.24, 2.45) is 5.41 Å². The zero-order valence-corrected chi connectivity index (χ0v) is 18.0. The molecule has 0 radical (unpaired) electrons. The average molecular weight is 381 g/mol. The first-order valence-corrected chi connectivity index (χ1v) is 10.3. The topological polar surface area (TPSA) is 107 Å². The highest BCUT2D eigenvalue weighted by atomic mass is 31.2. The van der Waals surface area contributed by atoms with Crippen molar-refractivity contribution in [3.05, 3.63) is 0 Å². The van der Waals surface area contributed by atoms with E-state index in [4.69, 9.17) is 4.84 Å². The van der Waals surface area contributed by atoms with Crippen LogP contribution in [0.1, 0.15) is 81.6 Å². The Kier molecular flexibility index (Phi) is 7.51. The molecule has 1 unspecified atom stereocenters. The van der Waals surface area contributed by atoms with Crippen LogP contribution < -0.4 is 0 Å². The van der Waals surface area contributed by atoms with Crippen LogP contribution in [0, 0.1) is 5.41 Å². The first kappa shape index (κ1) is 24.5. The van der Waals surface area contributed by atoms with Crippen molar-refractivity contribution < 1.29 is 29.1 Å². The van der Waals surface area contributed by atoms with Crippen LogP contribution in [0.25, 0.3) is 0 Å². The lowest BCUT2D eigenvalue weighted by atomic mass is 9.77. The smallest absolute Gasteiger partial charge is 0.348 e. The van der Waals surface area contributed by atoms with E-state index in [9.17, 15) is 24.3 Å². The summed E-state index contributed by atoms with van der Waals surface area (Å²) in [5.41, 5.74) is -3.29. The number of hydroxylamine groups is 2. The third kappa shape index (κ3) is 4.83. The van der Waals surface area contributed by atoms with Gasteiger partial charge in [0, 0.05) is 5.54 Å². The predicted molar refractivity (Wildman–Crippen MR) is 98.1 cm³/mol. The van der Waals surface area contributed by atoms with E-state index in [1.54, 1.807) is 41.5 Å². The van der Waals surface area contributed by atoms with Crippen molar-refractivity contribution in [1.82, 2.24) is 5.06 Å². The molecule has 150 valence electrons. The molecule has 0 aromatic heterocycles. The number of hydrogen-bond acceptors (Lipinski definition) is 4. The van der Waals surface area contributed by atoms with Gasteiger partial charge >= 0.3 is 13.6 Å². The number of rotatable bonds is 9. The fourth-order valence-corrected chi connectivity index (χ4v) is 5.37. The highest BCUT2D eigenvalue weighted by Crippen LogP contribution is 2.65. The summed E-state index contributed by atoms with van der Waals surface area (Å²) in [4.78, 5) is 38.2. The van der Waals surface area contributed by atoms with Gasteiger partial charge in [0.1, 0.15) is 0 Å². The molecular weight excluding hydrogens is 345 g/mol. The maximum Gasteiger partial charge on any atom is 0.348 e. The molecule has 7 nitrogen and oxygen atoms in total. The molecule has 0 saturated heterocycles. The van der Waals surface area contributed by atoms with Gasteiger partial charge in [-0.3, -0.25) is 9.40 Å². The highest BCUT2D eigenvalue weighted by Gasteiger charge is 2.63. The fraction of sp³-hybridized carbons (Fsp3) is 0.941. The molecule has 0 aliphatic rings. The molecule has 0 amide bonds. The fourth-order valence-electron chi connectivity index (χ4n) is 3.48. The van der Waals surface area contributed by atoms with Crippen molar-refractivity contribution in [2.45, 2.75) is 98.0 Å². The monoisotopic (exact) mass is 381 g/mol. The van der Waals surface area contributed by atoms with Crippen LogP contribution in [-0.2, 0) is 14.2 Å². The molecule has 0 heterocycles. The van der Waals surface area contributed by atoms with Gasteiger partial charge in [0.05, 0.1) is 0 Å². The molecule has 0 bridgehead atoms. The van der Waals surface area contributed by atoms with Crippen molar-refractivity contribution in [2.75, 3.05) is 0 Å². The van der Waals surface area contributed by atoms with Crippen LogP contribution in [-0.4, -0.2) is 42.3 Å². The summed E-state index contributed by atoms with van der Waals surface area (Å²) in [7, 11) is -4.72. The molecule has 0 rings (SSSR count). The van der Waals surface area contributed by atoms with Gasteiger partial charge in [-0.25, -0.2) is 4.79 Å². The Labute approximate surface area is 151 Å². The zero-order valence-electron chi connectivity index (χ0n) is 17.1. The zero-order chi connectivity index (χ0) is 20.5. The number of carbonyl (C=O) groups is 1. The first-order chi connectivity index (χ1) is 10.9. The highest BCUT2D eigenvalue weighted by molar-refractivity contribution is 7.53. The second-order valence-electron chi connectivity index (χ2n) is 8.72. The van der Waals surface area contributed by atoms with Crippen LogP contribution in [0.2, 0.25) is 0 Å². The second-order valence-corrected chi connectivity index (χ2v) is 10.5. The van der Waals surface area contributed by atoms with E-state index in [0.717, 1.165) is 6.42 Å². The van der Waals surface area contributed by atoms with Gasteiger partial charge in [0.2, 0.25) is 0 Å². The van der Waals surface area contributed by atoms with E-state index < -0.39 is 35.4 Å². The molecule has 0 aromatic rings. The predicted octanol–water partition coefficient (Wildman–Crippen LogP) is 3.99. The summed E-state index contributed by atoms with van der Waals surface area (Å²) in [6.07, 6.45) is 1.39. The number of hydrogen-bond donors (Lipinski definition) is 3. The minimum absolute atomic E-state index is 0.108. The van der Waals surface area contributed by atoms with Gasteiger partial charge in [0.15, 0.2) is 10.9 Å². The van der Waals surface area contributed by atoms with Crippen molar-refractivity contribution in [3.8, 4) is 0 Å². The molecule has 0 fully saturated rings. The molecular formula is C17H36NO6P. The molecule has 0 aliphatic heterocycles. The molecule has 0 aromatic carbocycles. The Hall–Kier alpha value is -0.460. The summed E-state index contributed by atoms with van der Waals surface area (Å²) in [5, 5.41) is 9.05. The van der Waals surface area contributed by atoms with Crippen LogP contribution >= 0.6 is 7.60 Å². The Balaban J connectivity index is 6.70. The molecule has 0 aliphatic carbocycles. The Morgan fingerprint density at radius 3 is 1.72 bits per heavy atom. The Bertz CT molecular complexity index is 520. The summed E-state index contributed by atoms with van der Waals surface area (Å²) >= 11 is 0. The second kappa shape index (κ2) is 7.65. The number of carboxylic acid groups (broad SMARTS) is 1. The normalized spacial score (nSPS) is 16.8. The lowest BCUT2D eigenvalue weighted by Gasteiger charge is -2.57. The van der Waals surface area contributed by atoms with E-state index >= 15 is 0 Å². The standard InChI is InChI=1S/C17H36NO6P/c1-10-12-15(6,7)17(11-2,25(21,22)23)18(14(3,4)5)24-16(8,9)13(19)20/h10-12H2,1-9H3,(H,19,20)(H2,21,22,23). The third-order valence-corrected chi connectivity index (χ3v) is 6.78. The maximum absolute atomic E-state index is 12.8. The van der Waals surface area contributed by atoms with Crippen molar-refractivity contribution in [1.29, 1.82) is 0 Å². The minimum Gasteiger partial charge on any atom is -0.479 e. The molecule has 0 spiro atoms. The molecule has 1 atom stereocenters. The lowest BCUT2D eigenvalue weighted by molar-refractivity contribution is -0.318. The maximum atomic E-state index is 12.8. The van der Waals surface area contributed by atoms with Gasteiger partial charge in [0.25, 0.3) is 0 Å². The Morgan fingerprint density at radius 1 is 1.04 bits per heavy atom. The SMILES string of the molecule is CCCC(C)(C)C(CC)(N(OC(C)(C)C(=O)O)C(C)(C)C)P(=O)(O)O. The number of nitrogens with zero attached hydrogens (tertiary/aromatic N) is 1. The summed E-state index contributed by atoms with van der Waals surface area (Å²) < 4.78 is 12.8. The lowest BCUT2D eigenvalue weighted by Crippen LogP contribution is -2.65. The largest absolute Gasteiger partial charge is 0.479 e. The summed E-state index contributed by atoms with van der Waals surface area (Å²) in [6.45, 7) is 15.3. The van der Waals surface area contributed by atoms with E-state index in [1.165, 1.54) is 18.9 Å².